The molecule has 45 heavy (non-hydrogen) atoms. The fourth-order valence-electron chi connectivity index (χ4n) is 4.43. The van der Waals surface area contributed by atoms with Crippen LogP contribution in [0, 0.1) is 20.8 Å². The quantitative estimate of drug-likeness (QED) is 0.181. The van der Waals surface area contributed by atoms with E-state index in [2.05, 4.69) is 5.32 Å². The zero-order chi connectivity index (χ0) is 32.1. The van der Waals surface area contributed by atoms with E-state index in [1.165, 1.54) is 11.8 Å². The van der Waals surface area contributed by atoms with E-state index < -0.39 is 0 Å². The van der Waals surface area contributed by atoms with Crippen molar-refractivity contribution in [3.63, 3.8) is 0 Å². The Morgan fingerprint density at radius 3 is 2.27 bits per heavy atom. The van der Waals surface area contributed by atoms with Crippen molar-refractivity contribution in [1.29, 1.82) is 0 Å². The van der Waals surface area contributed by atoms with Crippen LogP contribution in [-0.2, 0) is 9.59 Å². The summed E-state index contributed by atoms with van der Waals surface area (Å²) >= 11 is 14.1. The van der Waals surface area contributed by atoms with Crippen molar-refractivity contribution in [2.75, 3.05) is 23.4 Å². The van der Waals surface area contributed by atoms with Crippen LogP contribution in [0.1, 0.15) is 29.2 Å². The number of amides is 2. The largest absolute Gasteiger partial charge is 0.490 e. The van der Waals surface area contributed by atoms with Crippen LogP contribution in [-0.4, -0.2) is 30.2 Å². The molecule has 0 saturated carbocycles. The predicted molar refractivity (Wildman–Crippen MR) is 185 cm³/mol. The first-order chi connectivity index (χ1) is 21.6. The highest BCUT2D eigenvalue weighted by Gasteiger charge is 2.35. The molecule has 1 aliphatic heterocycles. The molecule has 1 heterocycles. The van der Waals surface area contributed by atoms with Crippen LogP contribution in [0.2, 0.25) is 10.0 Å². The fourth-order valence-corrected chi connectivity index (χ4v) is 5.89. The van der Waals surface area contributed by atoms with Gasteiger partial charge in [-0.2, -0.15) is 0 Å². The van der Waals surface area contributed by atoms with Crippen LogP contribution < -0.4 is 19.7 Å². The summed E-state index contributed by atoms with van der Waals surface area (Å²) in [5.74, 6) is -0.0188. The molecule has 0 radical (unpaired) electrons. The molecule has 1 saturated heterocycles. The van der Waals surface area contributed by atoms with Crippen LogP contribution in [0.25, 0.3) is 6.08 Å². The number of halogens is 2. The van der Waals surface area contributed by atoms with Crippen molar-refractivity contribution in [2.45, 2.75) is 27.7 Å². The van der Waals surface area contributed by atoms with Gasteiger partial charge in [0, 0.05) is 10.7 Å². The maximum Gasteiger partial charge on any atom is 0.271 e. The number of carbonyl (C=O) groups is 2. The van der Waals surface area contributed by atoms with E-state index in [-0.39, 0.29) is 29.2 Å². The maximum absolute atomic E-state index is 13.8. The van der Waals surface area contributed by atoms with E-state index in [0.717, 1.165) is 28.1 Å². The van der Waals surface area contributed by atoms with Gasteiger partial charge in [0.15, 0.2) is 23.3 Å². The molecular weight excluding hydrogens is 629 g/mol. The van der Waals surface area contributed by atoms with E-state index in [1.54, 1.807) is 35.2 Å². The molecule has 2 amide bonds. The highest BCUT2D eigenvalue weighted by Crippen LogP contribution is 2.41. The standard InChI is InChI=1S/C35H31Cl2N3O4S/c1-5-43-30-17-24(16-29(37)33(30)44-20-32(41)38-26-13-10-23(4)28(36)19-26)18-31-34(42)40(27-14-8-22(3)9-15-27)35(45-31)39-25-11-6-21(2)7-12-25/h6-19H,5,20H2,1-4H3,(H,38,41)/b31-18-,39-35?. The lowest BCUT2D eigenvalue weighted by atomic mass is 10.1. The summed E-state index contributed by atoms with van der Waals surface area (Å²) in [5, 5.41) is 4.09. The number of benzene rings is 4. The minimum Gasteiger partial charge on any atom is -0.490 e. The zero-order valence-electron chi connectivity index (χ0n) is 25.2. The lowest BCUT2D eigenvalue weighted by molar-refractivity contribution is -0.118. The molecule has 0 atom stereocenters. The maximum atomic E-state index is 13.8. The lowest BCUT2D eigenvalue weighted by Crippen LogP contribution is -2.28. The average Bonchev–Trinajstić information content (AvgIpc) is 3.30. The van der Waals surface area contributed by atoms with E-state index in [0.29, 0.717) is 38.7 Å². The number of hydrogen-bond acceptors (Lipinski definition) is 6. The monoisotopic (exact) mass is 659 g/mol. The fraction of sp³-hybridized carbons (Fsp3) is 0.171. The molecule has 1 N–H and O–H groups in total. The second kappa shape index (κ2) is 14.2. The SMILES string of the molecule is CCOc1cc(/C=C2\SC(=Nc3ccc(C)cc3)N(c3ccc(C)cc3)C2=O)cc(Cl)c1OCC(=O)Nc1ccc(C)c(Cl)c1. The number of ether oxygens (including phenoxy) is 2. The van der Waals surface area contributed by atoms with E-state index in [1.807, 2.05) is 82.3 Å². The van der Waals surface area contributed by atoms with Crippen LogP contribution in [0.15, 0.2) is 88.8 Å². The molecule has 4 aromatic rings. The number of rotatable bonds is 9. The minimum absolute atomic E-state index is 0.211. The number of nitrogens with one attached hydrogen (secondary N) is 1. The van der Waals surface area contributed by atoms with Crippen molar-refractivity contribution in [1.82, 2.24) is 0 Å². The molecule has 5 rings (SSSR count). The molecule has 0 spiro atoms. The van der Waals surface area contributed by atoms with Crippen LogP contribution in [0.3, 0.4) is 0 Å². The summed E-state index contributed by atoms with van der Waals surface area (Å²) < 4.78 is 11.6. The number of nitrogens with zero attached hydrogens (tertiary/aromatic N) is 2. The normalized spacial score (nSPS) is 14.7. The molecule has 0 aromatic heterocycles. The van der Waals surface area contributed by atoms with Crippen molar-refractivity contribution in [2.24, 2.45) is 4.99 Å². The van der Waals surface area contributed by atoms with Gasteiger partial charge < -0.3 is 14.8 Å². The average molecular weight is 661 g/mol. The number of carbonyl (C=O) groups excluding carboxylic acids is 2. The van der Waals surface area contributed by atoms with Gasteiger partial charge in [-0.25, -0.2) is 4.99 Å². The molecule has 0 aliphatic carbocycles. The number of aliphatic imine (C=N–C) groups is 1. The first-order valence-corrected chi connectivity index (χ1v) is 15.8. The molecule has 1 aliphatic rings. The summed E-state index contributed by atoms with van der Waals surface area (Å²) in [7, 11) is 0. The van der Waals surface area contributed by atoms with Gasteiger partial charge in [-0.1, -0.05) is 64.7 Å². The van der Waals surface area contributed by atoms with Crippen molar-refractivity contribution in [3.05, 3.63) is 116 Å². The summed E-state index contributed by atoms with van der Waals surface area (Å²) in [6, 6.07) is 24.2. The third-order valence-electron chi connectivity index (χ3n) is 6.79. The first kappa shape index (κ1) is 32.2. The van der Waals surface area contributed by atoms with Gasteiger partial charge >= 0.3 is 0 Å². The molecule has 7 nitrogen and oxygen atoms in total. The van der Waals surface area contributed by atoms with Gasteiger partial charge in [0.2, 0.25) is 0 Å². The molecule has 4 aromatic carbocycles. The number of anilines is 2. The highest BCUT2D eigenvalue weighted by atomic mass is 35.5. The van der Waals surface area contributed by atoms with Crippen molar-refractivity contribution in [3.8, 4) is 11.5 Å². The van der Waals surface area contributed by atoms with E-state index in [4.69, 9.17) is 37.7 Å². The number of amidine groups is 1. The number of aryl methyl sites for hydroxylation is 3. The third-order valence-corrected chi connectivity index (χ3v) is 8.45. The molecule has 1 fully saturated rings. The summed E-state index contributed by atoms with van der Waals surface area (Å²) in [4.78, 5) is 33.3. The third kappa shape index (κ3) is 7.89. The first-order valence-electron chi connectivity index (χ1n) is 14.2. The van der Waals surface area contributed by atoms with Crippen molar-refractivity contribution < 1.29 is 19.1 Å². The second-order valence-electron chi connectivity index (χ2n) is 10.4. The lowest BCUT2D eigenvalue weighted by Gasteiger charge is -2.16. The summed E-state index contributed by atoms with van der Waals surface area (Å²) in [5.41, 5.74) is 5.76. The smallest absolute Gasteiger partial charge is 0.271 e. The Bertz CT molecular complexity index is 1810. The Hall–Kier alpha value is -4.24. The molecule has 10 heteroatoms. The zero-order valence-corrected chi connectivity index (χ0v) is 27.5. The van der Waals surface area contributed by atoms with Gasteiger partial charge in [0.05, 0.1) is 27.9 Å². The van der Waals surface area contributed by atoms with Gasteiger partial charge in [-0.15, -0.1) is 0 Å². The summed E-state index contributed by atoms with van der Waals surface area (Å²) in [6.45, 7) is 7.76. The van der Waals surface area contributed by atoms with Gasteiger partial charge in [-0.05, 0) is 105 Å². The van der Waals surface area contributed by atoms with E-state index in [9.17, 15) is 9.59 Å². The van der Waals surface area contributed by atoms with Gasteiger partial charge in [0.1, 0.15) is 0 Å². The number of hydrogen-bond donors (Lipinski definition) is 1. The van der Waals surface area contributed by atoms with Gasteiger partial charge in [0.25, 0.3) is 11.8 Å². The molecule has 0 bridgehead atoms. The second-order valence-corrected chi connectivity index (χ2v) is 12.2. The Balaban J connectivity index is 1.41. The summed E-state index contributed by atoms with van der Waals surface area (Å²) in [6.07, 6.45) is 1.75. The Morgan fingerprint density at radius 2 is 1.60 bits per heavy atom. The Labute approximate surface area is 276 Å². The van der Waals surface area contributed by atoms with E-state index >= 15 is 0 Å². The van der Waals surface area contributed by atoms with Gasteiger partial charge in [-0.3, -0.25) is 14.5 Å². The Kier molecular flexibility index (Phi) is 10.2. The number of thioether (sulfide) groups is 1. The van der Waals surface area contributed by atoms with Crippen molar-refractivity contribution >= 4 is 75.1 Å². The molecule has 230 valence electrons. The Morgan fingerprint density at radius 1 is 0.911 bits per heavy atom. The van der Waals surface area contributed by atoms with Crippen LogP contribution >= 0.6 is 35.0 Å². The predicted octanol–water partition coefficient (Wildman–Crippen LogP) is 9.14. The molecule has 0 unspecified atom stereocenters. The van der Waals surface area contributed by atoms with Crippen LogP contribution in [0.5, 0.6) is 11.5 Å². The molecular formula is C35H31Cl2N3O4S. The topological polar surface area (TPSA) is 80.2 Å². The highest BCUT2D eigenvalue weighted by molar-refractivity contribution is 8.19. The minimum atomic E-state index is -0.385. The van der Waals surface area contributed by atoms with Crippen LogP contribution in [0.4, 0.5) is 17.1 Å².